The maximum atomic E-state index is 12.6. The summed E-state index contributed by atoms with van der Waals surface area (Å²) in [6.45, 7) is 4.00. The van der Waals surface area contributed by atoms with Crippen molar-refractivity contribution < 1.29 is 28.3 Å². The molecule has 0 saturated carbocycles. The average Bonchev–Trinajstić information content (AvgIpc) is 2.53. The zero-order valence-electron chi connectivity index (χ0n) is 8.78. The zero-order chi connectivity index (χ0) is 12.3. The number of para-hydroxylation sites is 1. The van der Waals surface area contributed by atoms with E-state index in [9.17, 15) is 8.78 Å². The molecule has 1 heterocycles. The van der Waals surface area contributed by atoms with Crippen molar-refractivity contribution in [2.24, 2.45) is 0 Å². The summed E-state index contributed by atoms with van der Waals surface area (Å²) >= 11 is 0. The van der Waals surface area contributed by atoms with Crippen molar-refractivity contribution in [1.29, 1.82) is 0 Å². The van der Waals surface area contributed by atoms with E-state index in [1.165, 1.54) is 18.2 Å². The molecule has 0 aromatic heterocycles. The van der Waals surface area contributed by atoms with Gasteiger partial charge in [-0.2, -0.15) is 0 Å². The van der Waals surface area contributed by atoms with E-state index in [-0.39, 0.29) is 17.0 Å². The van der Waals surface area contributed by atoms with E-state index in [1.54, 1.807) is 0 Å². The fourth-order valence-corrected chi connectivity index (χ4v) is 1.19. The minimum Gasteiger partial charge on any atom is -0.423 e. The fourth-order valence-electron chi connectivity index (χ4n) is 1.19. The van der Waals surface area contributed by atoms with Gasteiger partial charge in [0.25, 0.3) is 0 Å². The second kappa shape index (κ2) is 4.67. The molecule has 0 unspecified atom stereocenters. The molecule has 16 heavy (non-hydrogen) atoms. The summed E-state index contributed by atoms with van der Waals surface area (Å²) in [4.78, 5) is 0. The van der Waals surface area contributed by atoms with Crippen molar-refractivity contribution in [3.63, 3.8) is 0 Å². The zero-order valence-corrected chi connectivity index (χ0v) is 8.78. The summed E-state index contributed by atoms with van der Waals surface area (Å²) in [6, 6.07) is 3.87. The van der Waals surface area contributed by atoms with Gasteiger partial charge in [0.1, 0.15) is 0 Å². The van der Waals surface area contributed by atoms with Crippen LogP contribution in [0.2, 0.25) is 0 Å². The molecule has 2 N–H and O–H groups in total. The molecule has 0 atom stereocenters. The lowest BCUT2D eigenvalue weighted by Gasteiger charge is -2.06. The molecule has 0 spiro atoms. The van der Waals surface area contributed by atoms with Crippen LogP contribution in [0.4, 0.5) is 8.78 Å². The summed E-state index contributed by atoms with van der Waals surface area (Å²) < 4.78 is 33.4. The normalized spacial score (nSPS) is 15.1. The van der Waals surface area contributed by atoms with Crippen molar-refractivity contribution in [1.82, 2.24) is 0 Å². The Hall–Kier alpha value is -1.34. The highest BCUT2D eigenvalue weighted by Crippen LogP contribution is 2.39. The first-order valence-corrected chi connectivity index (χ1v) is 4.74. The van der Waals surface area contributed by atoms with Crippen molar-refractivity contribution >= 4 is 12.6 Å². The molecule has 0 radical (unpaired) electrons. The number of benzene rings is 1. The van der Waals surface area contributed by atoms with Crippen molar-refractivity contribution in [2.45, 2.75) is 20.1 Å². The van der Waals surface area contributed by atoms with Gasteiger partial charge >= 0.3 is 13.4 Å². The molecule has 1 aromatic carbocycles. The van der Waals surface area contributed by atoms with Crippen LogP contribution in [0.25, 0.3) is 0 Å². The first kappa shape index (κ1) is 12.7. The predicted octanol–water partition coefficient (Wildman–Crippen LogP) is 0.714. The Kier molecular flexibility index (Phi) is 3.72. The lowest BCUT2D eigenvalue weighted by molar-refractivity contribution is -0.286. The molecular weight excluding hydrogens is 221 g/mol. The largest absolute Gasteiger partial charge is 0.586 e. The van der Waals surface area contributed by atoms with Crippen LogP contribution in [0.3, 0.4) is 0 Å². The molecule has 1 aliphatic heterocycles. The summed E-state index contributed by atoms with van der Waals surface area (Å²) in [6.07, 6.45) is -3.74. The number of halogens is 2. The maximum Gasteiger partial charge on any atom is 0.586 e. The molecule has 1 aromatic rings. The van der Waals surface area contributed by atoms with Crippen molar-refractivity contribution in [3.05, 3.63) is 18.2 Å². The van der Waals surface area contributed by atoms with Crippen LogP contribution in [-0.2, 0) is 0 Å². The van der Waals surface area contributed by atoms with Gasteiger partial charge in [-0.25, -0.2) is 0 Å². The van der Waals surface area contributed by atoms with E-state index < -0.39 is 13.4 Å². The van der Waals surface area contributed by atoms with E-state index in [1.807, 2.05) is 13.8 Å². The highest BCUT2D eigenvalue weighted by molar-refractivity contribution is 6.59. The van der Waals surface area contributed by atoms with Gasteiger partial charge in [-0.1, -0.05) is 26.0 Å². The molecule has 0 aliphatic carbocycles. The van der Waals surface area contributed by atoms with Crippen LogP contribution in [-0.4, -0.2) is 23.5 Å². The third-order valence-electron chi connectivity index (χ3n) is 1.74. The molecule has 0 amide bonds. The first-order chi connectivity index (χ1) is 7.49. The Morgan fingerprint density at radius 3 is 2.38 bits per heavy atom. The molecule has 7 heteroatoms. The third kappa shape index (κ3) is 2.42. The standard InChI is InChI=1S/C7H5BF2O4.C2H6/c9-7(10)13-5-3-1-2-4(8(11)12)6(5)14-7;1-2/h1-3,11-12H;1-2H3. The number of fused-ring (bicyclic) bond motifs is 1. The Labute approximate surface area is 91.6 Å². The number of rotatable bonds is 1. The van der Waals surface area contributed by atoms with Gasteiger partial charge < -0.3 is 19.5 Å². The highest BCUT2D eigenvalue weighted by atomic mass is 19.3. The van der Waals surface area contributed by atoms with Crippen LogP contribution < -0.4 is 14.9 Å². The Balaban J connectivity index is 0.000000606. The van der Waals surface area contributed by atoms with Crippen molar-refractivity contribution in [2.75, 3.05) is 0 Å². The topological polar surface area (TPSA) is 58.9 Å². The van der Waals surface area contributed by atoms with Gasteiger partial charge in [-0.3, -0.25) is 0 Å². The fraction of sp³-hybridized carbons (Fsp3) is 0.333. The number of alkyl halides is 2. The molecule has 1 aliphatic rings. The van der Waals surface area contributed by atoms with Gasteiger partial charge in [-0.15, -0.1) is 8.78 Å². The molecular formula is C9H11BF2O4. The quantitative estimate of drug-likeness (QED) is 0.700. The molecule has 2 rings (SSSR count). The molecule has 4 nitrogen and oxygen atoms in total. The molecule has 88 valence electrons. The molecule has 0 bridgehead atoms. The first-order valence-electron chi connectivity index (χ1n) is 4.74. The Bertz CT molecular complexity index is 371. The van der Waals surface area contributed by atoms with E-state index in [2.05, 4.69) is 9.47 Å². The maximum absolute atomic E-state index is 12.6. The smallest absolute Gasteiger partial charge is 0.423 e. The third-order valence-corrected chi connectivity index (χ3v) is 1.74. The van der Waals surface area contributed by atoms with Crippen LogP contribution in [0.15, 0.2) is 18.2 Å². The summed E-state index contributed by atoms with van der Waals surface area (Å²) in [5.41, 5.74) is -0.153. The number of ether oxygens (including phenoxy) is 2. The van der Waals surface area contributed by atoms with E-state index in [0.717, 1.165) is 0 Å². The van der Waals surface area contributed by atoms with Crippen LogP contribution in [0.5, 0.6) is 11.5 Å². The van der Waals surface area contributed by atoms with Gasteiger partial charge in [0, 0.05) is 5.46 Å². The van der Waals surface area contributed by atoms with Gasteiger partial charge in [0.15, 0.2) is 11.5 Å². The number of hydrogen-bond donors (Lipinski definition) is 2. The minimum atomic E-state index is -3.74. The van der Waals surface area contributed by atoms with E-state index in [0.29, 0.717) is 0 Å². The lowest BCUT2D eigenvalue weighted by Crippen LogP contribution is -2.32. The summed E-state index contributed by atoms with van der Waals surface area (Å²) in [7, 11) is -1.87. The predicted molar refractivity (Wildman–Crippen MR) is 53.8 cm³/mol. The van der Waals surface area contributed by atoms with Crippen LogP contribution >= 0.6 is 0 Å². The second-order valence-corrected chi connectivity index (χ2v) is 2.72. The summed E-state index contributed by atoms with van der Waals surface area (Å²) in [5, 5.41) is 17.7. The van der Waals surface area contributed by atoms with Gasteiger partial charge in [0.2, 0.25) is 0 Å². The SMILES string of the molecule is CC.OB(O)c1cccc2c1OC(F)(F)O2. The average molecular weight is 232 g/mol. The van der Waals surface area contributed by atoms with Crippen molar-refractivity contribution in [3.8, 4) is 11.5 Å². The monoisotopic (exact) mass is 232 g/mol. The van der Waals surface area contributed by atoms with Gasteiger partial charge in [-0.05, 0) is 6.07 Å². The van der Waals surface area contributed by atoms with Gasteiger partial charge in [0.05, 0.1) is 0 Å². The lowest BCUT2D eigenvalue weighted by atomic mass is 9.79. The minimum absolute atomic E-state index is 0.153. The van der Waals surface area contributed by atoms with E-state index >= 15 is 0 Å². The molecule has 0 saturated heterocycles. The number of hydrogen-bond acceptors (Lipinski definition) is 4. The Morgan fingerprint density at radius 1 is 1.19 bits per heavy atom. The summed E-state index contributed by atoms with van der Waals surface area (Å²) in [5.74, 6) is -0.548. The Morgan fingerprint density at radius 2 is 1.81 bits per heavy atom. The van der Waals surface area contributed by atoms with E-state index in [4.69, 9.17) is 10.0 Å². The highest BCUT2D eigenvalue weighted by Gasteiger charge is 2.45. The molecule has 0 fully saturated rings. The second-order valence-electron chi connectivity index (χ2n) is 2.72. The van der Waals surface area contributed by atoms with Crippen LogP contribution in [0.1, 0.15) is 13.8 Å². The van der Waals surface area contributed by atoms with Crippen LogP contribution in [0, 0.1) is 0 Å².